The van der Waals surface area contributed by atoms with Crippen molar-refractivity contribution < 1.29 is 0 Å². The molecule has 2 aliphatic rings. The van der Waals surface area contributed by atoms with Crippen molar-refractivity contribution in [3.63, 3.8) is 0 Å². The molecule has 4 rings (SSSR count). The SMILES string of the molecule is Cc1csc2nc(Cl)c(CN3C[C@@H]4CCN[C@@H]4C3)n12. The second kappa shape index (κ2) is 4.45. The van der Waals surface area contributed by atoms with E-state index in [4.69, 9.17) is 11.6 Å². The number of hydrogen-bond donors (Lipinski definition) is 1. The summed E-state index contributed by atoms with van der Waals surface area (Å²) in [6.07, 6.45) is 1.31. The summed E-state index contributed by atoms with van der Waals surface area (Å²) < 4.78 is 2.20. The van der Waals surface area contributed by atoms with Crippen molar-refractivity contribution in [2.45, 2.75) is 25.9 Å². The van der Waals surface area contributed by atoms with Crippen LogP contribution in [0.1, 0.15) is 17.8 Å². The molecule has 102 valence electrons. The Morgan fingerprint density at radius 3 is 3.26 bits per heavy atom. The number of rotatable bonds is 2. The summed E-state index contributed by atoms with van der Waals surface area (Å²) in [4.78, 5) is 7.97. The Labute approximate surface area is 121 Å². The van der Waals surface area contributed by atoms with E-state index in [1.807, 2.05) is 0 Å². The first-order valence-electron chi connectivity index (χ1n) is 6.79. The molecule has 2 aromatic rings. The van der Waals surface area contributed by atoms with Crippen LogP contribution in [0.25, 0.3) is 4.96 Å². The van der Waals surface area contributed by atoms with Crippen LogP contribution in [0.3, 0.4) is 0 Å². The normalized spacial score (nSPS) is 27.5. The smallest absolute Gasteiger partial charge is 0.195 e. The topological polar surface area (TPSA) is 32.6 Å². The molecule has 0 spiro atoms. The maximum absolute atomic E-state index is 6.31. The van der Waals surface area contributed by atoms with Crippen LogP contribution in [-0.2, 0) is 6.54 Å². The van der Waals surface area contributed by atoms with Crippen LogP contribution >= 0.6 is 22.9 Å². The van der Waals surface area contributed by atoms with Crippen LogP contribution in [0, 0.1) is 12.8 Å². The third-order valence-corrected chi connectivity index (χ3v) is 5.64. The Morgan fingerprint density at radius 1 is 1.53 bits per heavy atom. The Morgan fingerprint density at radius 2 is 2.42 bits per heavy atom. The molecule has 6 heteroatoms. The highest BCUT2D eigenvalue weighted by molar-refractivity contribution is 7.15. The number of imidazole rings is 1. The van der Waals surface area contributed by atoms with Crippen molar-refractivity contribution in [2.75, 3.05) is 19.6 Å². The number of halogens is 1. The van der Waals surface area contributed by atoms with E-state index in [0.717, 1.165) is 29.7 Å². The van der Waals surface area contributed by atoms with Crippen molar-refractivity contribution in [2.24, 2.45) is 5.92 Å². The quantitative estimate of drug-likeness (QED) is 0.922. The van der Waals surface area contributed by atoms with Gasteiger partial charge < -0.3 is 5.32 Å². The van der Waals surface area contributed by atoms with Gasteiger partial charge in [-0.15, -0.1) is 11.3 Å². The molecule has 0 unspecified atom stereocenters. The third-order valence-electron chi connectivity index (χ3n) is 4.39. The van der Waals surface area contributed by atoms with Gasteiger partial charge in [0.2, 0.25) is 0 Å². The lowest BCUT2D eigenvalue weighted by atomic mass is 10.1. The number of aromatic nitrogens is 2. The number of aryl methyl sites for hydroxylation is 1. The van der Waals surface area contributed by atoms with Gasteiger partial charge in [-0.25, -0.2) is 4.98 Å². The summed E-state index contributed by atoms with van der Waals surface area (Å²) in [6, 6.07) is 0.686. The van der Waals surface area contributed by atoms with Crippen molar-refractivity contribution in [1.82, 2.24) is 19.6 Å². The van der Waals surface area contributed by atoms with Crippen molar-refractivity contribution in [1.29, 1.82) is 0 Å². The summed E-state index contributed by atoms with van der Waals surface area (Å²) in [6.45, 7) is 6.53. The van der Waals surface area contributed by atoms with Gasteiger partial charge in [0.25, 0.3) is 0 Å². The molecule has 0 aromatic carbocycles. The van der Waals surface area contributed by atoms with E-state index < -0.39 is 0 Å². The van der Waals surface area contributed by atoms with Gasteiger partial charge in [0, 0.05) is 36.8 Å². The fraction of sp³-hybridized carbons (Fsp3) is 0.615. The molecule has 2 aliphatic heterocycles. The Hall–Kier alpha value is -0.620. The van der Waals surface area contributed by atoms with Gasteiger partial charge in [0.15, 0.2) is 10.1 Å². The van der Waals surface area contributed by atoms with Crippen LogP contribution in [0.5, 0.6) is 0 Å². The zero-order valence-corrected chi connectivity index (χ0v) is 12.5. The number of fused-ring (bicyclic) bond motifs is 2. The molecule has 19 heavy (non-hydrogen) atoms. The highest BCUT2D eigenvalue weighted by Gasteiger charge is 2.36. The van der Waals surface area contributed by atoms with E-state index >= 15 is 0 Å². The van der Waals surface area contributed by atoms with E-state index in [1.54, 1.807) is 11.3 Å². The largest absolute Gasteiger partial charge is 0.312 e. The predicted molar refractivity (Wildman–Crippen MR) is 78.0 cm³/mol. The van der Waals surface area contributed by atoms with Gasteiger partial charge in [0.1, 0.15) is 0 Å². The zero-order chi connectivity index (χ0) is 13.0. The molecule has 0 saturated carbocycles. The molecule has 2 aromatic heterocycles. The summed E-state index contributed by atoms with van der Waals surface area (Å²) >= 11 is 7.97. The van der Waals surface area contributed by atoms with Crippen molar-refractivity contribution in [3.05, 3.63) is 21.9 Å². The number of hydrogen-bond acceptors (Lipinski definition) is 4. The molecule has 4 heterocycles. The van der Waals surface area contributed by atoms with Crippen molar-refractivity contribution >= 4 is 27.9 Å². The molecule has 0 aliphatic carbocycles. The Kier molecular flexibility index (Phi) is 2.84. The molecule has 2 atom stereocenters. The maximum atomic E-state index is 6.31. The van der Waals surface area contributed by atoms with Gasteiger partial charge in [0.05, 0.1) is 5.69 Å². The number of nitrogens with zero attached hydrogens (tertiary/aromatic N) is 3. The monoisotopic (exact) mass is 296 g/mol. The van der Waals surface area contributed by atoms with E-state index in [2.05, 4.69) is 31.9 Å². The first-order chi connectivity index (χ1) is 9.22. The van der Waals surface area contributed by atoms with E-state index in [1.165, 1.54) is 25.2 Å². The molecular formula is C13H17ClN4S. The third kappa shape index (κ3) is 1.91. The van der Waals surface area contributed by atoms with Crippen LogP contribution in [0.15, 0.2) is 5.38 Å². The Bertz CT molecular complexity index is 607. The lowest BCUT2D eigenvalue weighted by Crippen LogP contribution is -2.30. The lowest BCUT2D eigenvalue weighted by Gasteiger charge is -2.16. The average Bonchev–Trinajstić information content (AvgIpc) is 3.06. The molecular weight excluding hydrogens is 280 g/mol. The van der Waals surface area contributed by atoms with Gasteiger partial charge in [-0.3, -0.25) is 9.30 Å². The standard InChI is InChI=1S/C13H17ClN4S/c1-8-7-19-13-16-12(14)11(18(8)13)6-17-4-9-2-3-15-10(9)5-17/h7,9-10,15H,2-6H2,1H3/t9-,10+/m0/s1. The van der Waals surface area contributed by atoms with Gasteiger partial charge >= 0.3 is 0 Å². The number of thiazole rings is 1. The minimum atomic E-state index is 0.667. The van der Waals surface area contributed by atoms with Crippen molar-refractivity contribution in [3.8, 4) is 0 Å². The van der Waals surface area contributed by atoms with Crippen LogP contribution < -0.4 is 5.32 Å². The van der Waals surface area contributed by atoms with Crippen LogP contribution in [0.4, 0.5) is 0 Å². The summed E-state index contributed by atoms with van der Waals surface area (Å²) in [5, 5.41) is 6.40. The highest BCUT2D eigenvalue weighted by Crippen LogP contribution is 2.29. The lowest BCUT2D eigenvalue weighted by molar-refractivity contribution is 0.302. The molecule has 2 saturated heterocycles. The fourth-order valence-electron chi connectivity index (χ4n) is 3.46. The summed E-state index contributed by atoms with van der Waals surface area (Å²) in [7, 11) is 0. The number of likely N-dealkylation sites (tertiary alicyclic amines) is 1. The molecule has 4 nitrogen and oxygen atoms in total. The molecule has 0 amide bonds. The Balaban J connectivity index is 1.61. The minimum Gasteiger partial charge on any atom is -0.312 e. The molecule has 0 bridgehead atoms. The minimum absolute atomic E-state index is 0.667. The summed E-state index contributed by atoms with van der Waals surface area (Å²) in [5.74, 6) is 0.825. The molecule has 1 N–H and O–H groups in total. The van der Waals surface area contributed by atoms with Crippen LogP contribution in [0.2, 0.25) is 5.15 Å². The highest BCUT2D eigenvalue weighted by atomic mass is 35.5. The van der Waals surface area contributed by atoms with Gasteiger partial charge in [-0.05, 0) is 25.8 Å². The average molecular weight is 297 g/mol. The van der Waals surface area contributed by atoms with Crippen LogP contribution in [-0.4, -0.2) is 40.0 Å². The maximum Gasteiger partial charge on any atom is 0.195 e. The fourth-order valence-corrected chi connectivity index (χ4v) is 4.61. The first-order valence-corrected chi connectivity index (χ1v) is 8.05. The first kappa shape index (κ1) is 12.1. The second-order valence-corrected chi connectivity index (χ2v) is 6.84. The van der Waals surface area contributed by atoms with E-state index in [9.17, 15) is 0 Å². The van der Waals surface area contributed by atoms with E-state index in [-0.39, 0.29) is 0 Å². The van der Waals surface area contributed by atoms with Gasteiger partial charge in [-0.1, -0.05) is 11.6 Å². The zero-order valence-electron chi connectivity index (χ0n) is 10.9. The van der Waals surface area contributed by atoms with E-state index in [0.29, 0.717) is 11.2 Å². The molecule has 0 radical (unpaired) electrons. The predicted octanol–water partition coefficient (Wildman–Crippen LogP) is 2.15. The number of nitrogens with one attached hydrogen (secondary N) is 1. The summed E-state index contributed by atoms with van der Waals surface area (Å²) in [5.41, 5.74) is 2.38. The van der Waals surface area contributed by atoms with Gasteiger partial charge in [-0.2, -0.15) is 0 Å². The second-order valence-electron chi connectivity index (χ2n) is 5.65. The molecule has 2 fully saturated rings.